The molecular weight excluding hydrogens is 658 g/mol. The first-order valence-corrected chi connectivity index (χ1v) is 15.5. The summed E-state index contributed by atoms with van der Waals surface area (Å²) < 4.78 is 21.7. The zero-order valence-corrected chi connectivity index (χ0v) is 34.6. The average molecular weight is 720 g/mol. The fourth-order valence-corrected chi connectivity index (χ4v) is 4.63. The third-order valence-corrected chi connectivity index (χ3v) is 7.68. The summed E-state index contributed by atoms with van der Waals surface area (Å²) >= 11 is 0. The number of hydrogen-bond acceptors (Lipinski definition) is 4. The van der Waals surface area contributed by atoms with Crippen molar-refractivity contribution in [1.29, 1.82) is 0 Å². The maximum absolute atomic E-state index is 5.80. The smallest absolute Gasteiger partial charge is 0.382 e. The van der Waals surface area contributed by atoms with Crippen LogP contribution in [0.25, 0.3) is 0 Å². The predicted octanol–water partition coefficient (Wildman–Crippen LogP) is 8.77. The second-order valence-electron chi connectivity index (χ2n) is 15.6. The fourth-order valence-electron chi connectivity index (χ4n) is 4.63. The first-order valence-electron chi connectivity index (χ1n) is 15.5. The molecule has 0 N–H and O–H groups in total. The molecule has 2 unspecified atom stereocenters. The number of methoxy groups -OCH3 is 2. The summed E-state index contributed by atoms with van der Waals surface area (Å²) in [5.41, 5.74) is 5.86. The van der Waals surface area contributed by atoms with Crippen LogP contribution in [-0.4, -0.2) is 103 Å². The van der Waals surface area contributed by atoms with Gasteiger partial charge < -0.3 is 18.9 Å². The van der Waals surface area contributed by atoms with Gasteiger partial charge in [-0.05, 0) is 22.7 Å². The summed E-state index contributed by atoms with van der Waals surface area (Å²) in [6, 6.07) is 19.6. The van der Waals surface area contributed by atoms with Crippen LogP contribution in [0.1, 0.15) is 117 Å². The van der Waals surface area contributed by atoms with E-state index < -0.39 is 0 Å². The van der Waals surface area contributed by atoms with Crippen molar-refractivity contribution < 1.29 is 18.9 Å². The molecule has 0 aliphatic carbocycles. The molecule has 2 aromatic carbocycles. The van der Waals surface area contributed by atoms with Crippen LogP contribution < -0.4 is 0 Å². The molecule has 0 saturated heterocycles. The third kappa shape index (κ3) is 16.3. The second-order valence-corrected chi connectivity index (χ2v) is 15.6. The second kappa shape index (κ2) is 19.5. The van der Waals surface area contributed by atoms with Crippen LogP contribution in [0.3, 0.4) is 0 Å². The molecule has 2 rings (SSSR count). The quantitative estimate of drug-likeness (QED) is 0.125. The van der Waals surface area contributed by atoms with Crippen molar-refractivity contribution in [2.45, 2.75) is 106 Å². The van der Waals surface area contributed by atoms with Gasteiger partial charge in [0.1, 0.15) is 0 Å². The number of hydrogen-bond donors (Lipinski definition) is 0. The molecule has 2 atom stereocenters. The van der Waals surface area contributed by atoms with Gasteiger partial charge in [0.2, 0.25) is 0 Å². The van der Waals surface area contributed by atoms with Crippen molar-refractivity contribution in [3.8, 4) is 0 Å². The van der Waals surface area contributed by atoms with Crippen LogP contribution in [0.5, 0.6) is 0 Å². The van der Waals surface area contributed by atoms with Crippen molar-refractivity contribution in [2.24, 2.45) is 10.8 Å². The molecule has 0 fully saturated rings. The molecule has 0 spiro atoms. The SMILES string of the molecule is COCCOCC(c1c[c-]cc(C(C)(C)C)c1)C(C)(C)C.COCCOCC(c1c[c-]cc(C(C)(C)C)c1)C(C)(C)C.[Ba+2]. The van der Waals surface area contributed by atoms with Crippen molar-refractivity contribution in [3.05, 3.63) is 70.8 Å². The molecule has 0 amide bonds. The van der Waals surface area contributed by atoms with Gasteiger partial charge in [0.05, 0.1) is 26.4 Å². The Morgan fingerprint density at radius 3 is 1.12 bits per heavy atom. The van der Waals surface area contributed by atoms with Gasteiger partial charge in [0, 0.05) is 27.4 Å². The monoisotopic (exact) mass is 720 g/mol. The van der Waals surface area contributed by atoms with Gasteiger partial charge in [-0.1, -0.05) is 93.9 Å². The molecule has 2 aromatic rings. The molecule has 0 saturated carbocycles. The van der Waals surface area contributed by atoms with Crippen LogP contribution in [0.2, 0.25) is 0 Å². The summed E-state index contributed by atoms with van der Waals surface area (Å²) in [4.78, 5) is 0. The Bertz CT molecular complexity index is 938. The minimum Gasteiger partial charge on any atom is -0.382 e. The van der Waals surface area contributed by atoms with E-state index in [9.17, 15) is 0 Å². The van der Waals surface area contributed by atoms with Gasteiger partial charge in [-0.3, -0.25) is 0 Å². The Kier molecular flexibility index (Phi) is 19.4. The van der Waals surface area contributed by atoms with Crippen molar-refractivity contribution in [3.63, 3.8) is 0 Å². The Morgan fingerprint density at radius 1 is 0.535 bits per heavy atom. The van der Waals surface area contributed by atoms with E-state index in [0.717, 1.165) is 0 Å². The number of ether oxygens (including phenoxy) is 4. The van der Waals surface area contributed by atoms with Gasteiger partial charge in [-0.15, -0.1) is 11.1 Å². The van der Waals surface area contributed by atoms with E-state index in [1.807, 2.05) is 0 Å². The largest absolute Gasteiger partial charge is 2.00 e. The average Bonchev–Trinajstić information content (AvgIpc) is 2.87. The molecule has 0 aliphatic rings. The van der Waals surface area contributed by atoms with Gasteiger partial charge >= 0.3 is 48.9 Å². The minimum atomic E-state index is 0. The molecule has 0 radical (unpaired) electrons. The van der Waals surface area contributed by atoms with Crippen LogP contribution in [0, 0.1) is 23.0 Å². The first-order chi connectivity index (χ1) is 19.3. The number of benzene rings is 2. The molecular formula is C38H62BaO4. The van der Waals surface area contributed by atoms with Crippen LogP contribution >= 0.6 is 0 Å². The Hall–Kier alpha value is -0.149. The number of rotatable bonds is 12. The van der Waals surface area contributed by atoms with Gasteiger partial charge in [0.15, 0.2) is 0 Å². The van der Waals surface area contributed by atoms with E-state index >= 15 is 0 Å². The molecule has 0 aliphatic heterocycles. The Balaban J connectivity index is 0.000000802. The van der Waals surface area contributed by atoms with Crippen LogP contribution in [-0.2, 0) is 29.8 Å². The summed E-state index contributed by atoms with van der Waals surface area (Å²) in [5, 5.41) is 0. The molecule has 4 nitrogen and oxygen atoms in total. The molecule has 0 bridgehead atoms. The minimum absolute atomic E-state index is 0. The van der Waals surface area contributed by atoms with E-state index in [0.29, 0.717) is 51.5 Å². The summed E-state index contributed by atoms with van der Waals surface area (Å²) in [7, 11) is 3.40. The van der Waals surface area contributed by atoms with E-state index in [-0.39, 0.29) is 70.5 Å². The van der Waals surface area contributed by atoms with Crippen molar-refractivity contribution in [2.75, 3.05) is 53.9 Å². The normalized spacial score (nSPS) is 13.9. The van der Waals surface area contributed by atoms with Gasteiger partial charge in [-0.25, -0.2) is 0 Å². The maximum atomic E-state index is 5.80. The predicted molar refractivity (Wildman–Crippen MR) is 183 cm³/mol. The van der Waals surface area contributed by atoms with E-state index in [2.05, 4.69) is 132 Å². The molecule has 5 heteroatoms. The van der Waals surface area contributed by atoms with Gasteiger partial charge in [0.25, 0.3) is 0 Å². The van der Waals surface area contributed by atoms with Crippen LogP contribution in [0.15, 0.2) is 36.4 Å². The Morgan fingerprint density at radius 2 is 0.860 bits per heavy atom. The summed E-state index contributed by atoms with van der Waals surface area (Å²) in [6.45, 7) is 31.0. The standard InChI is InChI=1S/2C19H31O2.Ba/c2*1-18(2,3)16-10-8-9-15(13-16)17(19(4,5)6)14-21-12-11-20-7;/h2*9-10,13,17H,11-12,14H2,1-7H3;/q2*-1;+2. The zero-order chi connectivity index (χ0) is 32.2. The first kappa shape index (κ1) is 42.9. The van der Waals surface area contributed by atoms with Crippen LogP contribution in [0.4, 0.5) is 0 Å². The third-order valence-electron chi connectivity index (χ3n) is 7.68. The Labute approximate surface area is 306 Å². The topological polar surface area (TPSA) is 36.9 Å². The zero-order valence-electron chi connectivity index (χ0n) is 30.2. The van der Waals surface area contributed by atoms with Crippen molar-refractivity contribution >= 4 is 48.9 Å². The summed E-state index contributed by atoms with van der Waals surface area (Å²) in [6.07, 6.45) is 0. The van der Waals surface area contributed by atoms with E-state index in [4.69, 9.17) is 18.9 Å². The van der Waals surface area contributed by atoms with Gasteiger partial charge in [-0.2, -0.15) is 59.7 Å². The molecule has 240 valence electrons. The maximum Gasteiger partial charge on any atom is 2.00 e. The summed E-state index contributed by atoms with van der Waals surface area (Å²) in [5.74, 6) is 0.709. The molecule has 0 heterocycles. The molecule has 0 aromatic heterocycles. The van der Waals surface area contributed by atoms with Crippen molar-refractivity contribution in [1.82, 2.24) is 0 Å². The van der Waals surface area contributed by atoms with E-state index in [1.54, 1.807) is 14.2 Å². The van der Waals surface area contributed by atoms with E-state index in [1.165, 1.54) is 22.3 Å². The molecule has 43 heavy (non-hydrogen) atoms. The fraction of sp³-hybridized carbons (Fsp3) is 0.684.